The summed E-state index contributed by atoms with van der Waals surface area (Å²) in [4.78, 5) is 114. The van der Waals surface area contributed by atoms with E-state index < -0.39 is 43.5 Å². The quantitative estimate of drug-likeness (QED) is 0.0483. The first-order valence-electron chi connectivity index (χ1n) is 21.5. The minimum absolute atomic E-state index is 0.0131. The number of carbonyl (C=O) groups is 5. The van der Waals surface area contributed by atoms with Crippen LogP contribution in [0.5, 0.6) is 5.75 Å². The number of nitrogens with two attached hydrogens (primary N) is 1. The lowest BCUT2D eigenvalue weighted by Gasteiger charge is -2.32. The first kappa shape index (κ1) is 53.3. The number of hydrogen-bond donors (Lipinski definition) is 5. The zero-order chi connectivity index (χ0) is 49.3. The first-order valence-corrected chi connectivity index (χ1v) is 23.0. The topological polar surface area (TPSA) is 313 Å². The van der Waals surface area contributed by atoms with Crippen LogP contribution >= 0.6 is 7.82 Å². The maximum Gasteiger partial charge on any atom is 0.415 e. The fourth-order valence-electron chi connectivity index (χ4n) is 6.47. The molecule has 0 bridgehead atoms. The fourth-order valence-corrected chi connectivity index (χ4v) is 6.93. The van der Waals surface area contributed by atoms with Crippen molar-refractivity contribution in [3.63, 3.8) is 0 Å². The number of aromatic nitrogens is 4. The third kappa shape index (κ3) is 18.1. The van der Waals surface area contributed by atoms with Gasteiger partial charge in [0.15, 0.2) is 17.9 Å². The predicted octanol–water partition coefficient (Wildman–Crippen LogP) is 3.02. The van der Waals surface area contributed by atoms with Crippen LogP contribution in [0.2, 0.25) is 0 Å². The Balaban J connectivity index is 0.000000971. The van der Waals surface area contributed by atoms with Gasteiger partial charge in [0.2, 0.25) is 5.95 Å². The van der Waals surface area contributed by atoms with Crippen molar-refractivity contribution in [3.05, 3.63) is 81.9 Å². The smallest absolute Gasteiger partial charge is 0.415 e. The second kappa shape index (κ2) is 25.0. The molecule has 6 N–H and O–H groups in total. The average Bonchev–Trinajstić information content (AvgIpc) is 3.28. The molecule has 3 amide bonds. The Morgan fingerprint density at radius 1 is 1.03 bits per heavy atom. The van der Waals surface area contributed by atoms with E-state index in [2.05, 4.69) is 41.6 Å². The van der Waals surface area contributed by atoms with E-state index in [1.54, 1.807) is 26.2 Å². The van der Waals surface area contributed by atoms with E-state index in [4.69, 9.17) is 20.1 Å². The first-order chi connectivity index (χ1) is 31.6. The molecule has 1 aliphatic rings. The van der Waals surface area contributed by atoms with Gasteiger partial charge in [0.05, 0.1) is 45.6 Å². The number of likely N-dealkylation sites (tertiary alicyclic amines) is 1. The van der Waals surface area contributed by atoms with E-state index in [9.17, 15) is 43.3 Å². The molecule has 2 aromatic heterocycles. The van der Waals surface area contributed by atoms with Gasteiger partial charge in [0.1, 0.15) is 24.2 Å². The second-order valence-corrected chi connectivity index (χ2v) is 17.7. The van der Waals surface area contributed by atoms with Crippen molar-refractivity contribution in [1.82, 2.24) is 35.1 Å². The largest absolute Gasteiger partial charge is 0.756 e. The van der Waals surface area contributed by atoms with Crippen LogP contribution in [0.4, 0.5) is 21.2 Å². The van der Waals surface area contributed by atoms with Gasteiger partial charge in [-0.2, -0.15) is 4.98 Å². The molecule has 23 nitrogen and oxygen atoms in total. The number of piperidine rings is 1. The van der Waals surface area contributed by atoms with Gasteiger partial charge < -0.3 is 54.5 Å². The summed E-state index contributed by atoms with van der Waals surface area (Å²) in [5, 5.41) is 11.9. The monoisotopic (exact) mass is 954 g/mol. The third-order valence-electron chi connectivity index (χ3n) is 10.3. The lowest BCUT2D eigenvalue weighted by atomic mass is 10.1. The van der Waals surface area contributed by atoms with Gasteiger partial charge >= 0.3 is 18.2 Å². The maximum atomic E-state index is 13.6. The summed E-state index contributed by atoms with van der Waals surface area (Å²) in [6.07, 6.45) is 5.21. The summed E-state index contributed by atoms with van der Waals surface area (Å²) < 4.78 is 26.4. The molecule has 1 aliphatic heterocycles. The summed E-state index contributed by atoms with van der Waals surface area (Å²) in [5.74, 6) is -2.25. The van der Waals surface area contributed by atoms with E-state index >= 15 is 0 Å². The number of Topliss-reactive ketones (excluding diaryl/α,β-unsaturated/α-hetero) is 1. The van der Waals surface area contributed by atoms with Crippen LogP contribution in [0.15, 0.2) is 59.5 Å². The molecule has 2 atom stereocenters. The summed E-state index contributed by atoms with van der Waals surface area (Å²) in [7, 11) is -0.129. The Labute approximate surface area is 387 Å². The SMILES string of the molecule is CC(=O)CCC(NC(=O)c1ccc(N(Cc2cnc3nc(N)[nH]c(=O)c3n2)C(=O)OCc2ccc(OC(=O)N(C)CC[N+](C)(C)COP(=O)([O-])O)cc2)cc1)C(=O)O.CCCN1CCCCC1. The Morgan fingerprint density at radius 3 is 2.31 bits per heavy atom. The molecule has 4 aromatic rings. The number of ketones is 1. The van der Waals surface area contributed by atoms with Crippen molar-refractivity contribution >= 4 is 60.5 Å². The van der Waals surface area contributed by atoms with E-state index in [0.29, 0.717) is 5.56 Å². The van der Waals surface area contributed by atoms with Crippen LogP contribution in [0.1, 0.15) is 74.0 Å². The van der Waals surface area contributed by atoms with Crippen LogP contribution < -0.4 is 31.1 Å². The number of carboxylic acids is 1. The van der Waals surface area contributed by atoms with Crippen molar-refractivity contribution in [3.8, 4) is 5.75 Å². The number of ether oxygens (including phenoxy) is 2. The average molecular weight is 955 g/mol. The van der Waals surface area contributed by atoms with Gasteiger partial charge in [-0.1, -0.05) is 25.5 Å². The molecule has 0 spiro atoms. The number of carboxylic acid groups (broad SMARTS) is 1. The molecule has 364 valence electrons. The van der Waals surface area contributed by atoms with Gasteiger partial charge in [-0.3, -0.25) is 28.6 Å². The number of benzene rings is 2. The summed E-state index contributed by atoms with van der Waals surface area (Å²) in [6.45, 7) is 7.16. The standard InChI is InChI=1S/C35H42N9O13P.C8H17N/c1-21(45)5-14-27(32(48)49)39-30(46)23-8-10-25(11-9-23)43(18-24-17-37-29-28(38-24)31(47)41-33(36)40-29)35(51)55-19-22-6-12-26(13-7-22)57-34(50)42(2)15-16-44(3,4)20-56-58(52,53)54;1-2-6-9-7-4-3-5-8-9/h6-13,17,27H,5,14-16,18-20H2,1-4H3,(H6-,36,37,39,40,41,46,47,48,49,52,53,54);2-8H2,1H3. The highest BCUT2D eigenvalue weighted by Gasteiger charge is 2.25. The summed E-state index contributed by atoms with van der Waals surface area (Å²) in [5.41, 5.74) is 5.74. The lowest BCUT2D eigenvalue weighted by molar-refractivity contribution is -0.906. The zero-order valence-electron chi connectivity index (χ0n) is 38.2. The molecule has 2 aromatic carbocycles. The highest BCUT2D eigenvalue weighted by Crippen LogP contribution is 2.31. The minimum atomic E-state index is -4.90. The van der Waals surface area contributed by atoms with E-state index in [0.717, 1.165) is 4.90 Å². The van der Waals surface area contributed by atoms with Gasteiger partial charge in [0.25, 0.3) is 19.3 Å². The number of nitrogens with zero attached hydrogens (tertiary/aromatic N) is 7. The highest BCUT2D eigenvalue weighted by atomic mass is 31.2. The number of nitrogens with one attached hydrogen (secondary N) is 2. The van der Waals surface area contributed by atoms with Gasteiger partial charge in [-0.05, 0) is 94.2 Å². The molecular formula is C43H59N10O13P. The Bertz CT molecular complexity index is 2420. The summed E-state index contributed by atoms with van der Waals surface area (Å²) >= 11 is 0. The molecule has 1 fully saturated rings. The third-order valence-corrected chi connectivity index (χ3v) is 10.7. The summed E-state index contributed by atoms with van der Waals surface area (Å²) in [6, 6.07) is 10.3. The number of quaternary nitrogens is 1. The van der Waals surface area contributed by atoms with E-state index in [1.807, 2.05) is 0 Å². The van der Waals surface area contributed by atoms with E-state index in [-0.39, 0.29) is 95.9 Å². The molecule has 5 rings (SSSR count). The number of anilines is 2. The molecule has 0 aliphatic carbocycles. The van der Waals surface area contributed by atoms with Gasteiger partial charge in [0, 0.05) is 24.7 Å². The van der Waals surface area contributed by atoms with Crippen LogP contribution in [-0.4, -0.2) is 141 Å². The number of nitrogen functional groups attached to an aromatic ring is 1. The molecule has 3 heterocycles. The number of aliphatic carboxylic acids is 1. The van der Waals surface area contributed by atoms with Crippen molar-refractivity contribution in [1.29, 1.82) is 0 Å². The van der Waals surface area contributed by atoms with Gasteiger partial charge in [-0.25, -0.2) is 24.4 Å². The Kier molecular flexibility index (Phi) is 19.8. The number of fused-ring (bicyclic) bond motifs is 1. The Hall–Kier alpha value is -6.36. The van der Waals surface area contributed by atoms with Crippen molar-refractivity contribution in [2.75, 3.05) is 71.2 Å². The number of hydrogen-bond acceptors (Lipinski definition) is 16. The number of aromatic amines is 1. The second-order valence-electron chi connectivity index (χ2n) is 16.5. The minimum Gasteiger partial charge on any atom is -0.756 e. The number of likely N-dealkylation sites (N-methyl/N-ethyl adjacent to an activating group) is 2. The molecule has 67 heavy (non-hydrogen) atoms. The Morgan fingerprint density at radius 2 is 1.70 bits per heavy atom. The number of rotatable bonds is 20. The molecular weight excluding hydrogens is 896 g/mol. The normalized spacial score (nSPS) is 14.1. The predicted molar refractivity (Wildman–Crippen MR) is 242 cm³/mol. The van der Waals surface area contributed by atoms with Crippen LogP contribution in [0.25, 0.3) is 11.2 Å². The van der Waals surface area contributed by atoms with Crippen molar-refractivity contribution in [2.24, 2.45) is 0 Å². The lowest BCUT2D eigenvalue weighted by Crippen LogP contribution is -2.47. The molecule has 24 heteroatoms. The van der Waals surface area contributed by atoms with Crippen LogP contribution in [-0.2, 0) is 36.6 Å². The van der Waals surface area contributed by atoms with Crippen LogP contribution in [0.3, 0.4) is 0 Å². The molecule has 1 saturated heterocycles. The van der Waals surface area contributed by atoms with E-state index in [1.165, 1.54) is 107 Å². The number of amides is 3. The van der Waals surface area contributed by atoms with Gasteiger partial charge in [-0.15, -0.1) is 0 Å². The number of carbonyl (C=O) groups excluding carboxylic acids is 4. The molecule has 2 unspecified atom stereocenters. The molecule has 0 saturated carbocycles. The van der Waals surface area contributed by atoms with Crippen molar-refractivity contribution in [2.45, 2.75) is 71.6 Å². The fraction of sp³-hybridized carbons (Fsp3) is 0.465. The highest BCUT2D eigenvalue weighted by molar-refractivity contribution is 7.44. The zero-order valence-corrected chi connectivity index (χ0v) is 39.1. The number of phosphoric acid groups is 1. The number of phosphoric ester groups is 1. The molecule has 0 radical (unpaired) electrons. The van der Waals surface area contributed by atoms with Crippen molar-refractivity contribution < 1.29 is 61.9 Å². The maximum absolute atomic E-state index is 13.6. The number of H-pyrrole nitrogens is 1. The van der Waals surface area contributed by atoms with Crippen LogP contribution in [0, 0.1) is 0 Å².